The Labute approximate surface area is 210 Å². The number of fused-ring (bicyclic) bond motifs is 1. The summed E-state index contributed by atoms with van der Waals surface area (Å²) >= 11 is 2.06. The number of benzene rings is 2. The molecule has 0 saturated carbocycles. The first kappa shape index (κ1) is 24.8. The van der Waals surface area contributed by atoms with E-state index in [2.05, 4.69) is 18.8 Å². The van der Waals surface area contributed by atoms with Crippen LogP contribution in [0, 0.1) is 20.8 Å². The van der Waals surface area contributed by atoms with E-state index in [1.165, 1.54) is 13.2 Å². The fourth-order valence-electron chi connectivity index (χ4n) is 3.81. The summed E-state index contributed by atoms with van der Waals surface area (Å²) in [4.78, 5) is 25.0. The molecule has 35 heavy (non-hydrogen) atoms. The number of methoxy groups -OCH3 is 1. The molecule has 0 bridgehead atoms. The van der Waals surface area contributed by atoms with Crippen LogP contribution in [0.2, 0.25) is 0 Å². The summed E-state index contributed by atoms with van der Waals surface area (Å²) in [7, 11) is -2.73. The molecule has 0 radical (unpaired) electrons. The Bertz CT molecular complexity index is 1560. The van der Waals surface area contributed by atoms with E-state index in [-0.39, 0.29) is 22.2 Å². The molecule has 0 unspecified atom stereocenters. The van der Waals surface area contributed by atoms with Crippen molar-refractivity contribution in [3.8, 4) is 0 Å². The Morgan fingerprint density at radius 2 is 1.77 bits per heavy atom. The number of ether oxygens (including phenoxy) is 1. The number of carbonyl (C=O) groups excluding carboxylic acids is 2. The van der Waals surface area contributed by atoms with Crippen LogP contribution in [0.4, 0.5) is 11.4 Å². The van der Waals surface area contributed by atoms with Gasteiger partial charge in [0.05, 0.1) is 30.9 Å². The van der Waals surface area contributed by atoms with Crippen LogP contribution in [0.15, 0.2) is 40.6 Å². The Hall–Kier alpha value is -3.35. The number of thiophene rings is 1. The molecule has 0 atom stereocenters. The SMILES string of the molecule is COC(=O)Cc1c(C)cc(C)c(NC(=O)c2sccc2S(=O)(=O)Nc2ccc3nsnc3c2)c1C. The maximum Gasteiger partial charge on any atom is 0.309 e. The number of aryl methyl sites for hydroxylation is 2. The van der Waals surface area contributed by atoms with Crippen molar-refractivity contribution >= 4 is 67.4 Å². The van der Waals surface area contributed by atoms with Crippen molar-refractivity contribution in [3.05, 3.63) is 62.8 Å². The van der Waals surface area contributed by atoms with Gasteiger partial charge < -0.3 is 10.1 Å². The van der Waals surface area contributed by atoms with Crippen LogP contribution in [0.3, 0.4) is 0 Å². The average molecular weight is 531 g/mol. The standard InChI is InChI=1S/C23H22N4O5S3/c1-12-9-13(2)21(14(3)16(12)11-20(28)32-4)24-23(29)22-19(7-8-33-22)35(30,31)27-15-5-6-17-18(10-15)26-34-25-17/h5-10,27H,11H2,1-4H3,(H,24,29). The zero-order chi connectivity index (χ0) is 25.3. The normalized spacial score (nSPS) is 11.4. The number of nitrogens with zero attached hydrogens (tertiary/aromatic N) is 2. The number of esters is 1. The van der Waals surface area contributed by atoms with Crippen LogP contribution in [-0.4, -0.2) is 36.2 Å². The van der Waals surface area contributed by atoms with Gasteiger partial charge >= 0.3 is 5.97 Å². The van der Waals surface area contributed by atoms with Crippen LogP contribution >= 0.6 is 23.1 Å². The van der Waals surface area contributed by atoms with Crippen molar-refractivity contribution in [3.63, 3.8) is 0 Å². The highest BCUT2D eigenvalue weighted by atomic mass is 32.2. The Morgan fingerprint density at radius 3 is 2.51 bits per heavy atom. The molecule has 2 aromatic heterocycles. The van der Waals surface area contributed by atoms with Crippen LogP contribution < -0.4 is 10.0 Å². The summed E-state index contributed by atoms with van der Waals surface area (Å²) in [6, 6.07) is 8.12. The summed E-state index contributed by atoms with van der Waals surface area (Å²) in [5.41, 5.74) is 5.28. The molecular formula is C23H22N4O5S3. The van der Waals surface area contributed by atoms with Crippen LogP contribution in [-0.2, 0) is 26.0 Å². The second-order valence-electron chi connectivity index (χ2n) is 7.88. The first-order valence-corrected chi connectivity index (χ1v) is 13.5. The van der Waals surface area contributed by atoms with Crippen molar-refractivity contribution in [1.82, 2.24) is 8.75 Å². The molecule has 2 aromatic carbocycles. The Kier molecular flexibility index (Phi) is 6.88. The Balaban J connectivity index is 1.62. The molecule has 1 amide bonds. The molecule has 4 rings (SSSR count). The highest BCUT2D eigenvalue weighted by Gasteiger charge is 2.26. The molecular weight excluding hydrogens is 508 g/mol. The van der Waals surface area contributed by atoms with E-state index >= 15 is 0 Å². The number of sulfonamides is 1. The summed E-state index contributed by atoms with van der Waals surface area (Å²) in [6.07, 6.45) is 0.0682. The first-order valence-electron chi connectivity index (χ1n) is 10.4. The fourth-order valence-corrected chi connectivity index (χ4v) is 6.70. The zero-order valence-electron chi connectivity index (χ0n) is 19.3. The van der Waals surface area contributed by atoms with Gasteiger partial charge in [-0.3, -0.25) is 14.3 Å². The van der Waals surface area contributed by atoms with E-state index in [9.17, 15) is 18.0 Å². The molecule has 9 nitrogen and oxygen atoms in total. The lowest BCUT2D eigenvalue weighted by Gasteiger charge is -2.18. The third kappa shape index (κ3) is 5.04. The smallest absolute Gasteiger partial charge is 0.309 e. The number of rotatable bonds is 7. The number of carbonyl (C=O) groups is 2. The van der Waals surface area contributed by atoms with Gasteiger partial charge in [-0.1, -0.05) is 6.07 Å². The fraction of sp³-hybridized carbons (Fsp3) is 0.217. The zero-order valence-corrected chi connectivity index (χ0v) is 21.8. The lowest BCUT2D eigenvalue weighted by molar-refractivity contribution is -0.139. The molecule has 2 N–H and O–H groups in total. The van der Waals surface area contributed by atoms with E-state index in [1.807, 2.05) is 26.8 Å². The molecule has 0 aliphatic carbocycles. The summed E-state index contributed by atoms with van der Waals surface area (Å²) in [5.74, 6) is -0.944. The number of hydrogen-bond donors (Lipinski definition) is 2. The number of amides is 1. The molecule has 4 aromatic rings. The van der Waals surface area contributed by atoms with E-state index in [1.54, 1.807) is 23.6 Å². The molecule has 182 valence electrons. The molecule has 0 spiro atoms. The topological polar surface area (TPSA) is 127 Å². The molecule has 12 heteroatoms. The van der Waals surface area contributed by atoms with Gasteiger partial charge in [-0.15, -0.1) is 11.3 Å². The number of aromatic nitrogens is 2. The molecule has 0 saturated heterocycles. The second kappa shape index (κ2) is 9.72. The van der Waals surface area contributed by atoms with Crippen LogP contribution in [0.1, 0.15) is 31.9 Å². The van der Waals surface area contributed by atoms with Crippen molar-refractivity contribution in [2.45, 2.75) is 32.1 Å². The average Bonchev–Trinajstić information content (AvgIpc) is 3.48. The molecule has 0 aliphatic rings. The lowest BCUT2D eigenvalue weighted by Crippen LogP contribution is -2.19. The second-order valence-corrected chi connectivity index (χ2v) is 11.0. The van der Waals surface area contributed by atoms with E-state index in [0.717, 1.165) is 45.3 Å². The molecule has 2 heterocycles. The van der Waals surface area contributed by atoms with Gasteiger partial charge in [0.1, 0.15) is 20.8 Å². The van der Waals surface area contributed by atoms with Gasteiger partial charge in [0.25, 0.3) is 15.9 Å². The van der Waals surface area contributed by atoms with E-state index < -0.39 is 15.9 Å². The van der Waals surface area contributed by atoms with Crippen LogP contribution in [0.5, 0.6) is 0 Å². The lowest BCUT2D eigenvalue weighted by atomic mass is 9.95. The number of anilines is 2. The van der Waals surface area contributed by atoms with Gasteiger partial charge in [-0.2, -0.15) is 8.75 Å². The highest BCUT2D eigenvalue weighted by molar-refractivity contribution is 7.93. The minimum absolute atomic E-state index is 0.0443. The van der Waals surface area contributed by atoms with Gasteiger partial charge in [0.2, 0.25) is 0 Å². The maximum absolute atomic E-state index is 13.2. The quantitative estimate of drug-likeness (QED) is 0.338. The van der Waals surface area contributed by atoms with Crippen molar-refractivity contribution in [2.75, 3.05) is 17.1 Å². The van der Waals surface area contributed by atoms with Crippen LogP contribution in [0.25, 0.3) is 11.0 Å². The van der Waals surface area contributed by atoms with Crippen molar-refractivity contribution < 1.29 is 22.7 Å². The number of nitrogens with one attached hydrogen (secondary N) is 2. The van der Waals surface area contributed by atoms with E-state index in [0.29, 0.717) is 22.4 Å². The van der Waals surface area contributed by atoms with Crippen molar-refractivity contribution in [1.29, 1.82) is 0 Å². The minimum Gasteiger partial charge on any atom is -0.469 e. The Morgan fingerprint density at radius 1 is 1.03 bits per heavy atom. The summed E-state index contributed by atoms with van der Waals surface area (Å²) in [6.45, 7) is 5.54. The van der Waals surface area contributed by atoms with Gasteiger partial charge in [0, 0.05) is 5.69 Å². The third-order valence-electron chi connectivity index (χ3n) is 5.55. The predicted octanol–water partition coefficient (Wildman–Crippen LogP) is 4.45. The van der Waals surface area contributed by atoms with Gasteiger partial charge in [-0.25, -0.2) is 8.42 Å². The molecule has 0 fully saturated rings. The minimum atomic E-state index is -4.05. The first-order chi connectivity index (χ1) is 16.6. The monoisotopic (exact) mass is 530 g/mol. The number of hydrogen-bond acceptors (Lipinski definition) is 9. The maximum atomic E-state index is 13.2. The largest absolute Gasteiger partial charge is 0.469 e. The highest BCUT2D eigenvalue weighted by Crippen LogP contribution is 2.31. The van der Waals surface area contributed by atoms with Gasteiger partial charge in [-0.05, 0) is 72.7 Å². The molecule has 0 aliphatic heterocycles. The van der Waals surface area contributed by atoms with E-state index in [4.69, 9.17) is 4.74 Å². The predicted molar refractivity (Wildman–Crippen MR) is 137 cm³/mol. The van der Waals surface area contributed by atoms with Gasteiger partial charge in [0.15, 0.2) is 0 Å². The van der Waals surface area contributed by atoms with Crippen molar-refractivity contribution in [2.24, 2.45) is 0 Å². The summed E-state index contributed by atoms with van der Waals surface area (Å²) < 4.78 is 41.8. The third-order valence-corrected chi connectivity index (χ3v) is 8.57. The summed E-state index contributed by atoms with van der Waals surface area (Å²) in [5, 5.41) is 4.40.